The highest BCUT2D eigenvalue weighted by Gasteiger charge is 2.14. The Morgan fingerprint density at radius 2 is 0.765 bits per heavy atom. The van der Waals surface area contributed by atoms with Crippen molar-refractivity contribution < 1.29 is 19.4 Å². The molecule has 0 saturated heterocycles. The van der Waals surface area contributed by atoms with Crippen molar-refractivity contribution in [2.45, 2.75) is 264 Å². The molecular weight excluding hydrogens is 629 g/mol. The number of hydrogen-bond donors (Lipinski definition) is 1. The smallest absolute Gasteiger partial charge is 0.306 e. The molecule has 1 unspecified atom stereocenters. The molecule has 0 heterocycles. The molecule has 0 radical (unpaired) electrons. The van der Waals surface area contributed by atoms with E-state index in [1.54, 1.807) is 0 Å². The molecule has 1 atom stereocenters. The van der Waals surface area contributed by atoms with Gasteiger partial charge in [0.2, 0.25) is 0 Å². The molecule has 4 nitrogen and oxygen atoms in total. The monoisotopic (exact) mass is 717 g/mol. The number of carboxylic acids is 1. The topological polar surface area (TPSA) is 63.6 Å². The van der Waals surface area contributed by atoms with Gasteiger partial charge in [-0.2, -0.15) is 0 Å². The zero-order chi connectivity index (χ0) is 37.1. The molecule has 0 spiro atoms. The number of aliphatic carboxylic acids is 1. The highest BCUT2D eigenvalue weighted by atomic mass is 16.5. The number of unbranched alkanes of at least 4 members (excludes halogenated alkanes) is 29. The molecule has 4 heteroatoms. The Morgan fingerprint density at radius 1 is 0.431 bits per heavy atom. The van der Waals surface area contributed by atoms with Gasteiger partial charge in [0.1, 0.15) is 6.10 Å². The Morgan fingerprint density at radius 3 is 1.16 bits per heavy atom. The first-order chi connectivity index (χ1) is 25.1. The van der Waals surface area contributed by atoms with Gasteiger partial charge in [0.25, 0.3) is 0 Å². The van der Waals surface area contributed by atoms with Crippen molar-refractivity contribution in [3.63, 3.8) is 0 Å². The van der Waals surface area contributed by atoms with Crippen molar-refractivity contribution >= 4 is 11.9 Å². The highest BCUT2D eigenvalue weighted by Crippen LogP contribution is 2.19. The fraction of sp³-hybridized carbons (Fsp3) is 0.872. The Balaban J connectivity index is 3.92. The van der Waals surface area contributed by atoms with Crippen molar-refractivity contribution in [3.05, 3.63) is 24.3 Å². The minimum atomic E-state index is -0.698. The second kappa shape index (κ2) is 42.8. The Labute approximate surface area is 318 Å². The number of allylic oxidation sites excluding steroid dienone is 4. The van der Waals surface area contributed by atoms with Crippen LogP contribution in [0.25, 0.3) is 0 Å². The van der Waals surface area contributed by atoms with Crippen LogP contribution in [-0.2, 0) is 14.3 Å². The van der Waals surface area contributed by atoms with Gasteiger partial charge in [-0.05, 0) is 70.6 Å². The number of esters is 1. The van der Waals surface area contributed by atoms with E-state index in [0.717, 1.165) is 70.6 Å². The van der Waals surface area contributed by atoms with E-state index in [-0.39, 0.29) is 18.5 Å². The number of carboxylic acid groups (broad SMARTS) is 1. The lowest BCUT2D eigenvalue weighted by molar-refractivity contribution is -0.150. The summed E-state index contributed by atoms with van der Waals surface area (Å²) in [6.07, 6.45) is 55.0. The van der Waals surface area contributed by atoms with Crippen LogP contribution < -0.4 is 0 Å². The van der Waals surface area contributed by atoms with Crippen LogP contribution in [0.15, 0.2) is 24.3 Å². The van der Waals surface area contributed by atoms with Crippen LogP contribution in [0.2, 0.25) is 0 Å². The van der Waals surface area contributed by atoms with Crippen molar-refractivity contribution in [2.24, 2.45) is 0 Å². The molecule has 0 bridgehead atoms. The van der Waals surface area contributed by atoms with Gasteiger partial charge in [-0.15, -0.1) is 0 Å². The standard InChI is InChI=1S/C47H88O4/c1-3-5-7-9-11-13-15-17-18-19-20-21-22-23-24-25-27-29-31-36-40-44-47(50)51-45(42-38-34-32-35-39-43-46(48)49)41-37-33-30-28-26-16-14-12-10-8-6-4-2/h15,17,19-20,45H,3-14,16,18,21-44H2,1-2H3,(H,48,49)/b17-15-,20-19-. The molecule has 51 heavy (non-hydrogen) atoms. The van der Waals surface area contributed by atoms with Crippen LogP contribution in [0.1, 0.15) is 258 Å². The average Bonchev–Trinajstić information content (AvgIpc) is 3.12. The number of carbonyl (C=O) groups is 2. The number of carbonyl (C=O) groups excluding carboxylic acids is 1. The molecule has 0 aliphatic rings. The van der Waals surface area contributed by atoms with Gasteiger partial charge in [-0.25, -0.2) is 0 Å². The normalized spacial score (nSPS) is 12.4. The van der Waals surface area contributed by atoms with Gasteiger partial charge in [0.15, 0.2) is 0 Å². The van der Waals surface area contributed by atoms with Gasteiger partial charge < -0.3 is 9.84 Å². The molecule has 0 fully saturated rings. The number of hydrogen-bond acceptors (Lipinski definition) is 3. The third-order valence-corrected chi connectivity index (χ3v) is 10.4. The van der Waals surface area contributed by atoms with Crippen LogP contribution in [0.5, 0.6) is 0 Å². The molecule has 0 aromatic carbocycles. The Kier molecular flexibility index (Phi) is 41.5. The van der Waals surface area contributed by atoms with Crippen molar-refractivity contribution in [2.75, 3.05) is 0 Å². The summed E-state index contributed by atoms with van der Waals surface area (Å²) in [7, 11) is 0. The summed E-state index contributed by atoms with van der Waals surface area (Å²) >= 11 is 0. The average molecular weight is 717 g/mol. The van der Waals surface area contributed by atoms with E-state index in [0.29, 0.717) is 6.42 Å². The van der Waals surface area contributed by atoms with E-state index in [1.165, 1.54) is 161 Å². The third-order valence-electron chi connectivity index (χ3n) is 10.4. The molecule has 1 N–H and O–H groups in total. The van der Waals surface area contributed by atoms with E-state index < -0.39 is 5.97 Å². The van der Waals surface area contributed by atoms with Crippen LogP contribution >= 0.6 is 0 Å². The zero-order valence-electron chi connectivity index (χ0n) is 34.4. The summed E-state index contributed by atoms with van der Waals surface area (Å²) in [5.41, 5.74) is 0. The quantitative estimate of drug-likeness (QED) is 0.0388. The Bertz CT molecular complexity index is 772. The van der Waals surface area contributed by atoms with Crippen molar-refractivity contribution in [1.82, 2.24) is 0 Å². The van der Waals surface area contributed by atoms with E-state index in [1.807, 2.05) is 0 Å². The molecule has 0 aliphatic carbocycles. The summed E-state index contributed by atoms with van der Waals surface area (Å²) in [6, 6.07) is 0. The number of rotatable bonds is 42. The summed E-state index contributed by atoms with van der Waals surface area (Å²) < 4.78 is 6.03. The lowest BCUT2D eigenvalue weighted by Crippen LogP contribution is -2.18. The van der Waals surface area contributed by atoms with Crippen LogP contribution in [0.3, 0.4) is 0 Å². The summed E-state index contributed by atoms with van der Waals surface area (Å²) in [6.45, 7) is 4.55. The molecule has 0 amide bonds. The van der Waals surface area contributed by atoms with Gasteiger partial charge >= 0.3 is 11.9 Å². The lowest BCUT2D eigenvalue weighted by atomic mass is 10.0. The second-order valence-corrected chi connectivity index (χ2v) is 15.6. The molecule has 0 aromatic rings. The molecule has 0 saturated carbocycles. The maximum Gasteiger partial charge on any atom is 0.306 e. The minimum absolute atomic E-state index is 0.00303. The van der Waals surface area contributed by atoms with Crippen LogP contribution in [0, 0.1) is 0 Å². The highest BCUT2D eigenvalue weighted by molar-refractivity contribution is 5.69. The second-order valence-electron chi connectivity index (χ2n) is 15.6. The zero-order valence-corrected chi connectivity index (χ0v) is 34.4. The molecular formula is C47H88O4. The van der Waals surface area contributed by atoms with Crippen molar-refractivity contribution in [1.29, 1.82) is 0 Å². The van der Waals surface area contributed by atoms with Crippen molar-refractivity contribution in [3.8, 4) is 0 Å². The first-order valence-corrected chi connectivity index (χ1v) is 22.8. The predicted octanol–water partition coefficient (Wildman–Crippen LogP) is 16.0. The summed E-state index contributed by atoms with van der Waals surface area (Å²) in [5, 5.41) is 8.84. The first kappa shape index (κ1) is 49.4. The van der Waals surface area contributed by atoms with Gasteiger partial charge in [-0.1, -0.05) is 199 Å². The lowest BCUT2D eigenvalue weighted by Gasteiger charge is -2.18. The summed E-state index contributed by atoms with van der Waals surface area (Å²) in [4.78, 5) is 23.5. The number of ether oxygens (including phenoxy) is 1. The van der Waals surface area contributed by atoms with E-state index >= 15 is 0 Å². The van der Waals surface area contributed by atoms with Crippen LogP contribution in [0.4, 0.5) is 0 Å². The van der Waals surface area contributed by atoms with Gasteiger partial charge in [0, 0.05) is 12.8 Å². The SMILES string of the molecule is CCCCCCC/C=C\C/C=C\CCCCCCCCCCCC(=O)OC(CCCCCCCCCCCCCC)CCCCCCCC(=O)O. The molecule has 300 valence electrons. The minimum Gasteiger partial charge on any atom is -0.481 e. The van der Waals surface area contributed by atoms with E-state index in [4.69, 9.17) is 9.84 Å². The van der Waals surface area contributed by atoms with E-state index in [9.17, 15) is 9.59 Å². The molecule has 0 aliphatic heterocycles. The first-order valence-electron chi connectivity index (χ1n) is 22.8. The predicted molar refractivity (Wildman–Crippen MR) is 223 cm³/mol. The fourth-order valence-corrected chi connectivity index (χ4v) is 7.04. The summed E-state index contributed by atoms with van der Waals surface area (Å²) in [5.74, 6) is -0.695. The third kappa shape index (κ3) is 42.7. The Hall–Kier alpha value is -1.58. The largest absolute Gasteiger partial charge is 0.481 e. The van der Waals surface area contributed by atoms with Gasteiger partial charge in [-0.3, -0.25) is 9.59 Å². The maximum atomic E-state index is 12.7. The molecule has 0 aromatic heterocycles. The maximum absolute atomic E-state index is 12.7. The van der Waals surface area contributed by atoms with Gasteiger partial charge in [0.05, 0.1) is 0 Å². The fourth-order valence-electron chi connectivity index (χ4n) is 7.04. The van der Waals surface area contributed by atoms with E-state index in [2.05, 4.69) is 38.2 Å². The molecule has 0 rings (SSSR count). The van der Waals surface area contributed by atoms with Crippen LogP contribution in [-0.4, -0.2) is 23.1 Å².